The van der Waals surface area contributed by atoms with Gasteiger partial charge in [-0.25, -0.2) is 0 Å². The van der Waals surface area contributed by atoms with Crippen LogP contribution in [0.4, 0.5) is 5.69 Å². The number of nitrogens with zero attached hydrogens (tertiary/aromatic N) is 2. The molecule has 1 saturated carbocycles. The third-order valence-corrected chi connectivity index (χ3v) is 6.04. The molecule has 1 aliphatic carbocycles. The summed E-state index contributed by atoms with van der Waals surface area (Å²) in [7, 11) is 0. The molecule has 2 aliphatic rings. The molecule has 28 heavy (non-hydrogen) atoms. The molecule has 4 heteroatoms. The molecule has 0 N–H and O–H groups in total. The van der Waals surface area contributed by atoms with Gasteiger partial charge in [0.05, 0.1) is 18.4 Å². The van der Waals surface area contributed by atoms with Crippen molar-refractivity contribution in [3.8, 4) is 0 Å². The second-order valence-electron chi connectivity index (χ2n) is 8.20. The first kappa shape index (κ1) is 18.7. The Bertz CT molecular complexity index is 813. The average molecular weight is 377 g/mol. The fraction of sp³-hybridized carbons (Fsp3) is 0.417. The van der Waals surface area contributed by atoms with E-state index in [2.05, 4.69) is 6.92 Å². The summed E-state index contributed by atoms with van der Waals surface area (Å²) in [6.07, 6.45) is 2.82. The SMILES string of the molecule is CC1CCN(C(=O)C2CC2C(=O)N(Cc2ccccc2)c2ccccc2)CC1. The third-order valence-electron chi connectivity index (χ3n) is 6.04. The van der Waals surface area contributed by atoms with Gasteiger partial charge in [-0.3, -0.25) is 9.59 Å². The second kappa shape index (κ2) is 8.17. The Labute approximate surface area is 167 Å². The molecule has 2 amide bonds. The first-order valence-corrected chi connectivity index (χ1v) is 10.3. The van der Waals surface area contributed by atoms with Crippen molar-refractivity contribution in [2.24, 2.45) is 17.8 Å². The normalized spacial score (nSPS) is 22.0. The van der Waals surface area contributed by atoms with Crippen LogP contribution >= 0.6 is 0 Å². The van der Waals surface area contributed by atoms with Crippen molar-refractivity contribution in [1.82, 2.24) is 4.90 Å². The second-order valence-corrected chi connectivity index (χ2v) is 8.20. The largest absolute Gasteiger partial charge is 0.342 e. The summed E-state index contributed by atoms with van der Waals surface area (Å²) in [5.41, 5.74) is 1.98. The number of para-hydroxylation sites is 1. The van der Waals surface area contributed by atoms with E-state index in [9.17, 15) is 9.59 Å². The van der Waals surface area contributed by atoms with Crippen LogP contribution in [0.25, 0.3) is 0 Å². The maximum absolute atomic E-state index is 13.3. The van der Waals surface area contributed by atoms with E-state index in [-0.39, 0.29) is 23.7 Å². The lowest BCUT2D eigenvalue weighted by Gasteiger charge is -2.30. The molecule has 2 fully saturated rings. The van der Waals surface area contributed by atoms with E-state index in [0.29, 0.717) is 18.9 Å². The zero-order valence-corrected chi connectivity index (χ0v) is 16.5. The van der Waals surface area contributed by atoms with Crippen LogP contribution < -0.4 is 4.90 Å². The van der Waals surface area contributed by atoms with Gasteiger partial charge in [-0.15, -0.1) is 0 Å². The molecule has 0 aromatic heterocycles. The van der Waals surface area contributed by atoms with Crippen LogP contribution in [0.1, 0.15) is 31.7 Å². The van der Waals surface area contributed by atoms with Gasteiger partial charge in [0.25, 0.3) is 0 Å². The van der Waals surface area contributed by atoms with Gasteiger partial charge >= 0.3 is 0 Å². The molecule has 0 bridgehead atoms. The summed E-state index contributed by atoms with van der Waals surface area (Å²) < 4.78 is 0. The average Bonchev–Trinajstić information content (AvgIpc) is 3.54. The molecular formula is C24H28N2O2. The van der Waals surface area contributed by atoms with E-state index in [1.54, 1.807) is 0 Å². The van der Waals surface area contributed by atoms with E-state index in [0.717, 1.165) is 37.2 Å². The van der Waals surface area contributed by atoms with Crippen LogP contribution in [0.2, 0.25) is 0 Å². The van der Waals surface area contributed by atoms with Gasteiger partial charge in [0.2, 0.25) is 11.8 Å². The Hall–Kier alpha value is -2.62. The number of likely N-dealkylation sites (tertiary alicyclic amines) is 1. The van der Waals surface area contributed by atoms with Gasteiger partial charge in [0, 0.05) is 18.8 Å². The fourth-order valence-corrected chi connectivity index (χ4v) is 4.07. The zero-order chi connectivity index (χ0) is 19.5. The van der Waals surface area contributed by atoms with E-state index < -0.39 is 0 Å². The summed E-state index contributed by atoms with van der Waals surface area (Å²) in [6.45, 7) is 4.45. The number of carbonyl (C=O) groups excluding carboxylic acids is 2. The van der Waals surface area contributed by atoms with Crippen LogP contribution in [-0.2, 0) is 16.1 Å². The van der Waals surface area contributed by atoms with Crippen molar-refractivity contribution in [2.75, 3.05) is 18.0 Å². The molecule has 2 aromatic rings. The summed E-state index contributed by atoms with van der Waals surface area (Å²) in [5.74, 6) is 0.621. The Kier molecular flexibility index (Phi) is 5.47. The first-order valence-electron chi connectivity index (χ1n) is 10.3. The highest BCUT2D eigenvalue weighted by molar-refractivity contribution is 6.01. The van der Waals surface area contributed by atoms with Gasteiger partial charge in [-0.1, -0.05) is 55.5 Å². The molecular weight excluding hydrogens is 348 g/mol. The lowest BCUT2D eigenvalue weighted by Crippen LogP contribution is -2.40. The summed E-state index contributed by atoms with van der Waals surface area (Å²) in [4.78, 5) is 30.0. The number of benzene rings is 2. The molecule has 2 unspecified atom stereocenters. The minimum atomic E-state index is -0.184. The smallest absolute Gasteiger partial charge is 0.231 e. The van der Waals surface area contributed by atoms with Crippen LogP contribution in [0.5, 0.6) is 0 Å². The molecule has 2 aromatic carbocycles. The van der Waals surface area contributed by atoms with E-state index in [1.807, 2.05) is 70.5 Å². The molecule has 4 nitrogen and oxygen atoms in total. The predicted octanol–water partition coefficient (Wildman–Crippen LogP) is 4.11. The molecule has 1 saturated heterocycles. The van der Waals surface area contributed by atoms with Crippen molar-refractivity contribution < 1.29 is 9.59 Å². The minimum Gasteiger partial charge on any atom is -0.342 e. The van der Waals surface area contributed by atoms with Gasteiger partial charge in [0.15, 0.2) is 0 Å². The molecule has 2 atom stereocenters. The van der Waals surface area contributed by atoms with Crippen molar-refractivity contribution in [3.05, 3.63) is 66.2 Å². The maximum atomic E-state index is 13.3. The third kappa shape index (κ3) is 4.11. The van der Waals surface area contributed by atoms with Crippen molar-refractivity contribution in [3.63, 3.8) is 0 Å². The lowest BCUT2D eigenvalue weighted by molar-refractivity contribution is -0.135. The highest BCUT2D eigenvalue weighted by atomic mass is 16.2. The summed E-state index contributed by atoms with van der Waals surface area (Å²) in [5, 5.41) is 0. The number of rotatable bonds is 5. The van der Waals surface area contributed by atoms with Crippen LogP contribution in [0.3, 0.4) is 0 Å². The number of carbonyl (C=O) groups is 2. The fourth-order valence-electron chi connectivity index (χ4n) is 4.07. The molecule has 1 heterocycles. The lowest BCUT2D eigenvalue weighted by atomic mass is 9.99. The van der Waals surface area contributed by atoms with Crippen molar-refractivity contribution >= 4 is 17.5 Å². The molecule has 4 rings (SSSR count). The van der Waals surface area contributed by atoms with Gasteiger partial charge in [-0.05, 0) is 42.9 Å². The van der Waals surface area contributed by atoms with Crippen LogP contribution in [0.15, 0.2) is 60.7 Å². The van der Waals surface area contributed by atoms with Crippen LogP contribution in [0, 0.1) is 17.8 Å². The molecule has 1 aliphatic heterocycles. The van der Waals surface area contributed by atoms with Crippen LogP contribution in [-0.4, -0.2) is 29.8 Å². The van der Waals surface area contributed by atoms with Gasteiger partial charge in [0.1, 0.15) is 0 Å². The van der Waals surface area contributed by atoms with E-state index >= 15 is 0 Å². The Morgan fingerprint density at radius 2 is 1.54 bits per heavy atom. The maximum Gasteiger partial charge on any atom is 0.231 e. The Morgan fingerprint density at radius 3 is 2.18 bits per heavy atom. The van der Waals surface area contributed by atoms with Crippen molar-refractivity contribution in [1.29, 1.82) is 0 Å². The van der Waals surface area contributed by atoms with Crippen molar-refractivity contribution in [2.45, 2.75) is 32.7 Å². The number of amides is 2. The number of anilines is 1. The van der Waals surface area contributed by atoms with Gasteiger partial charge in [-0.2, -0.15) is 0 Å². The standard InChI is InChI=1S/C24H28N2O2/c1-18-12-14-25(15-13-18)23(27)21-16-22(21)24(28)26(20-10-6-3-7-11-20)17-19-8-4-2-5-9-19/h2-11,18,21-22H,12-17H2,1H3. The Balaban J connectivity index is 1.46. The molecule has 0 radical (unpaired) electrons. The highest BCUT2D eigenvalue weighted by Crippen LogP contribution is 2.43. The molecule has 146 valence electrons. The summed E-state index contributed by atoms with van der Waals surface area (Å²) in [6, 6.07) is 19.8. The zero-order valence-electron chi connectivity index (χ0n) is 16.5. The molecule has 0 spiro atoms. The monoisotopic (exact) mass is 376 g/mol. The summed E-state index contributed by atoms with van der Waals surface area (Å²) >= 11 is 0. The number of hydrogen-bond acceptors (Lipinski definition) is 2. The quantitative estimate of drug-likeness (QED) is 0.788. The van der Waals surface area contributed by atoms with E-state index in [4.69, 9.17) is 0 Å². The minimum absolute atomic E-state index is 0.0683. The first-order chi connectivity index (χ1) is 13.6. The number of hydrogen-bond donors (Lipinski definition) is 0. The highest BCUT2D eigenvalue weighted by Gasteiger charge is 2.51. The van der Waals surface area contributed by atoms with E-state index in [1.165, 1.54) is 0 Å². The predicted molar refractivity (Wildman–Crippen MR) is 111 cm³/mol. The van der Waals surface area contributed by atoms with Gasteiger partial charge < -0.3 is 9.80 Å². The number of piperidine rings is 1. The topological polar surface area (TPSA) is 40.6 Å². The Morgan fingerprint density at radius 1 is 0.929 bits per heavy atom.